The number of carbonyl (C=O) groups excluding carboxylic acids is 1. The summed E-state index contributed by atoms with van der Waals surface area (Å²) in [7, 11) is 0. The second-order valence-corrected chi connectivity index (χ2v) is 7.40. The van der Waals surface area contributed by atoms with E-state index in [9.17, 15) is 4.79 Å². The van der Waals surface area contributed by atoms with E-state index >= 15 is 0 Å². The predicted octanol–water partition coefficient (Wildman–Crippen LogP) is 4.31. The number of anilines is 2. The van der Waals surface area contributed by atoms with Gasteiger partial charge in [-0.25, -0.2) is 0 Å². The van der Waals surface area contributed by atoms with E-state index in [0.717, 1.165) is 49.0 Å². The van der Waals surface area contributed by atoms with Crippen molar-refractivity contribution in [2.75, 3.05) is 36.5 Å². The first-order valence-corrected chi connectivity index (χ1v) is 10.5. The van der Waals surface area contributed by atoms with Crippen molar-refractivity contribution in [1.29, 1.82) is 0 Å². The number of hydrogen-bond donors (Lipinski definition) is 2. The van der Waals surface area contributed by atoms with Gasteiger partial charge in [-0.2, -0.15) is 0 Å². The molecule has 1 aromatic heterocycles. The normalized spacial score (nSPS) is 13.9. The number of carbonyl (C=O) groups is 1. The molecule has 2 heterocycles. The fourth-order valence-electron chi connectivity index (χ4n) is 3.25. The number of rotatable bonds is 5. The van der Waals surface area contributed by atoms with Gasteiger partial charge in [0.1, 0.15) is 11.5 Å². The topological polar surface area (TPSA) is 66.7 Å². The van der Waals surface area contributed by atoms with Gasteiger partial charge in [0.05, 0.1) is 13.2 Å². The summed E-state index contributed by atoms with van der Waals surface area (Å²) in [6.07, 6.45) is 3.00. The number of amides is 1. The number of ether oxygens (including phenoxy) is 1. The van der Waals surface area contributed by atoms with Crippen molar-refractivity contribution in [2.24, 2.45) is 0 Å². The first kappa shape index (κ1) is 20.8. The van der Waals surface area contributed by atoms with E-state index in [1.807, 2.05) is 66.7 Å². The highest BCUT2D eigenvalue weighted by molar-refractivity contribution is 7.80. The SMILES string of the molecule is O=C(/C=C/c1ccc(-c2ccccc2)o1)NC(=S)Nc1ccc(N2CCOCC2)cc1. The molecule has 3 aromatic rings. The fourth-order valence-corrected chi connectivity index (χ4v) is 3.47. The second-order valence-electron chi connectivity index (χ2n) is 6.99. The third kappa shape index (κ3) is 5.81. The van der Waals surface area contributed by atoms with Gasteiger partial charge in [-0.05, 0) is 54.7 Å². The van der Waals surface area contributed by atoms with Gasteiger partial charge in [-0.3, -0.25) is 10.1 Å². The van der Waals surface area contributed by atoms with Crippen molar-refractivity contribution >= 4 is 40.7 Å². The molecule has 158 valence electrons. The molecule has 1 amide bonds. The lowest BCUT2D eigenvalue weighted by Gasteiger charge is -2.28. The number of benzene rings is 2. The quantitative estimate of drug-likeness (QED) is 0.462. The van der Waals surface area contributed by atoms with Crippen molar-refractivity contribution in [1.82, 2.24) is 5.32 Å². The standard InChI is InChI=1S/C24H23N3O3S/c28-23(13-11-21-10-12-22(30-21)18-4-2-1-3-5-18)26-24(31)25-19-6-8-20(9-7-19)27-14-16-29-17-15-27/h1-13H,14-17H2,(H2,25,26,28,31)/b13-11+. The molecule has 4 rings (SSSR count). The lowest BCUT2D eigenvalue weighted by molar-refractivity contribution is -0.115. The zero-order valence-electron chi connectivity index (χ0n) is 16.9. The maximum Gasteiger partial charge on any atom is 0.250 e. The highest BCUT2D eigenvalue weighted by atomic mass is 32.1. The highest BCUT2D eigenvalue weighted by Gasteiger charge is 2.11. The molecule has 0 saturated carbocycles. The maximum atomic E-state index is 12.2. The lowest BCUT2D eigenvalue weighted by Crippen LogP contribution is -2.36. The zero-order chi connectivity index (χ0) is 21.5. The molecule has 1 aliphatic heterocycles. The number of nitrogens with one attached hydrogen (secondary N) is 2. The molecule has 0 spiro atoms. The molecule has 0 radical (unpaired) electrons. The monoisotopic (exact) mass is 433 g/mol. The predicted molar refractivity (Wildman–Crippen MR) is 127 cm³/mol. The van der Waals surface area contributed by atoms with Crippen LogP contribution in [0.15, 0.2) is 77.2 Å². The van der Waals surface area contributed by atoms with Crippen molar-refractivity contribution in [3.05, 3.63) is 78.6 Å². The Morgan fingerprint density at radius 1 is 0.968 bits per heavy atom. The Morgan fingerprint density at radius 3 is 2.45 bits per heavy atom. The van der Waals surface area contributed by atoms with Crippen molar-refractivity contribution in [3.63, 3.8) is 0 Å². The average Bonchev–Trinajstić information content (AvgIpc) is 3.28. The van der Waals surface area contributed by atoms with Crippen molar-refractivity contribution in [3.8, 4) is 11.3 Å². The highest BCUT2D eigenvalue weighted by Crippen LogP contribution is 2.22. The summed E-state index contributed by atoms with van der Waals surface area (Å²) in [5.41, 5.74) is 2.93. The van der Waals surface area contributed by atoms with Crippen LogP contribution in [-0.2, 0) is 9.53 Å². The molecular weight excluding hydrogens is 410 g/mol. The van der Waals surface area contributed by atoms with Crippen LogP contribution in [0.4, 0.5) is 11.4 Å². The molecule has 0 aliphatic carbocycles. The summed E-state index contributed by atoms with van der Waals surface area (Å²) < 4.78 is 11.1. The Balaban J connectivity index is 1.27. The van der Waals surface area contributed by atoms with Gasteiger partial charge in [0, 0.05) is 36.1 Å². The summed E-state index contributed by atoms with van der Waals surface area (Å²) in [5.74, 6) is 1.00. The third-order valence-corrected chi connectivity index (χ3v) is 5.03. The lowest BCUT2D eigenvalue weighted by atomic mass is 10.2. The molecule has 1 fully saturated rings. The molecule has 0 unspecified atom stereocenters. The van der Waals surface area contributed by atoms with Gasteiger partial charge in [-0.1, -0.05) is 30.3 Å². The Morgan fingerprint density at radius 2 is 1.71 bits per heavy atom. The van der Waals surface area contributed by atoms with Gasteiger partial charge in [0.2, 0.25) is 5.91 Å². The molecular formula is C24H23N3O3S. The van der Waals surface area contributed by atoms with Crippen LogP contribution in [-0.4, -0.2) is 37.3 Å². The maximum absolute atomic E-state index is 12.2. The van der Waals surface area contributed by atoms with Crippen LogP contribution >= 0.6 is 12.2 Å². The van der Waals surface area contributed by atoms with Crippen LogP contribution in [0.3, 0.4) is 0 Å². The average molecular weight is 434 g/mol. The Labute approximate surface area is 186 Å². The van der Waals surface area contributed by atoms with Crippen LogP contribution in [0.25, 0.3) is 17.4 Å². The summed E-state index contributed by atoms with van der Waals surface area (Å²) in [5, 5.41) is 5.90. The van der Waals surface area contributed by atoms with E-state index in [2.05, 4.69) is 15.5 Å². The van der Waals surface area contributed by atoms with Gasteiger partial charge >= 0.3 is 0 Å². The van der Waals surface area contributed by atoms with Crippen molar-refractivity contribution < 1.29 is 13.9 Å². The number of hydrogen-bond acceptors (Lipinski definition) is 5. The molecule has 0 bridgehead atoms. The number of thiocarbonyl (C=S) groups is 1. The molecule has 2 N–H and O–H groups in total. The number of furan rings is 1. The van der Waals surface area contributed by atoms with E-state index in [1.165, 1.54) is 6.08 Å². The Bertz CT molecular complexity index is 1060. The van der Waals surface area contributed by atoms with Crippen molar-refractivity contribution in [2.45, 2.75) is 0 Å². The summed E-state index contributed by atoms with van der Waals surface area (Å²) in [6.45, 7) is 3.26. The van der Waals surface area contributed by atoms with Crippen LogP contribution in [0, 0.1) is 0 Å². The second kappa shape index (κ2) is 10.1. The van der Waals surface area contributed by atoms with Crippen LogP contribution in [0.1, 0.15) is 5.76 Å². The molecule has 1 aliphatic rings. The van der Waals surface area contributed by atoms with Crippen LogP contribution < -0.4 is 15.5 Å². The Hall–Kier alpha value is -3.42. The van der Waals surface area contributed by atoms with Crippen LogP contribution in [0.5, 0.6) is 0 Å². The van der Waals surface area contributed by atoms with Gasteiger partial charge in [0.25, 0.3) is 0 Å². The molecule has 6 nitrogen and oxygen atoms in total. The smallest absolute Gasteiger partial charge is 0.250 e. The van der Waals surface area contributed by atoms with E-state index in [4.69, 9.17) is 21.4 Å². The van der Waals surface area contributed by atoms with Gasteiger partial charge in [0.15, 0.2) is 5.11 Å². The van der Waals surface area contributed by atoms with Gasteiger partial charge in [-0.15, -0.1) is 0 Å². The molecule has 0 atom stereocenters. The molecule has 31 heavy (non-hydrogen) atoms. The summed E-state index contributed by atoms with van der Waals surface area (Å²) >= 11 is 5.24. The molecule has 1 saturated heterocycles. The first-order valence-electron chi connectivity index (χ1n) is 10.1. The Kier molecular flexibility index (Phi) is 6.76. The van der Waals surface area contributed by atoms with E-state index in [0.29, 0.717) is 5.76 Å². The van der Waals surface area contributed by atoms with E-state index < -0.39 is 0 Å². The molecule has 7 heteroatoms. The number of nitrogens with zero attached hydrogens (tertiary/aromatic N) is 1. The fraction of sp³-hybridized carbons (Fsp3) is 0.167. The number of morpholine rings is 1. The largest absolute Gasteiger partial charge is 0.457 e. The van der Waals surface area contributed by atoms with Gasteiger partial charge < -0.3 is 19.4 Å². The summed E-state index contributed by atoms with van der Waals surface area (Å²) in [6, 6.07) is 21.4. The van der Waals surface area contributed by atoms with E-state index in [1.54, 1.807) is 6.08 Å². The third-order valence-electron chi connectivity index (χ3n) is 4.82. The van der Waals surface area contributed by atoms with Crippen LogP contribution in [0.2, 0.25) is 0 Å². The van der Waals surface area contributed by atoms with E-state index in [-0.39, 0.29) is 11.0 Å². The summed E-state index contributed by atoms with van der Waals surface area (Å²) in [4.78, 5) is 14.4. The first-order chi connectivity index (χ1) is 15.2. The minimum Gasteiger partial charge on any atom is -0.457 e. The minimum absolute atomic E-state index is 0.234. The zero-order valence-corrected chi connectivity index (χ0v) is 17.7. The molecule has 2 aromatic carbocycles. The minimum atomic E-state index is -0.333.